The van der Waals surface area contributed by atoms with Gasteiger partial charge in [-0.25, -0.2) is 4.79 Å². The molecule has 0 aromatic carbocycles. The van der Waals surface area contributed by atoms with Gasteiger partial charge in [0.2, 0.25) is 0 Å². The minimum atomic E-state index is -1.03. The molecule has 10 heavy (non-hydrogen) atoms. The first kappa shape index (κ1) is 6.54. The molecule has 4 nitrogen and oxygen atoms in total. The van der Waals surface area contributed by atoms with Crippen molar-refractivity contribution in [2.75, 3.05) is 0 Å². The van der Waals surface area contributed by atoms with Crippen LogP contribution in [0.3, 0.4) is 0 Å². The molecule has 1 heterocycles. The Balaban J connectivity index is 2.88. The molecule has 0 saturated carbocycles. The molecule has 0 amide bonds. The molecule has 52 valence electrons. The van der Waals surface area contributed by atoms with Crippen molar-refractivity contribution >= 4 is 11.5 Å². The maximum atomic E-state index is 10.3. The zero-order valence-electron chi connectivity index (χ0n) is 5.16. The van der Waals surface area contributed by atoms with Gasteiger partial charge in [-0.15, -0.1) is 0 Å². The van der Waals surface area contributed by atoms with Crippen LogP contribution in [0.25, 0.3) is 5.57 Å². The highest BCUT2D eigenvalue weighted by molar-refractivity contribution is 6.14. The Morgan fingerprint density at radius 1 is 1.80 bits per heavy atom. The van der Waals surface area contributed by atoms with Gasteiger partial charge in [-0.1, -0.05) is 6.58 Å². The largest absolute Gasteiger partial charge is 0.478 e. The van der Waals surface area contributed by atoms with E-state index in [1.54, 1.807) is 0 Å². The first-order valence-corrected chi connectivity index (χ1v) is 2.63. The molecule has 0 aliphatic rings. The lowest BCUT2D eigenvalue weighted by molar-refractivity contribution is -0.130. The Labute approximate surface area is 57.2 Å². The van der Waals surface area contributed by atoms with Gasteiger partial charge in [0.15, 0.2) is 0 Å². The fraction of sp³-hybridized carbons (Fsp3) is 0. The third-order valence-electron chi connectivity index (χ3n) is 1.10. The van der Waals surface area contributed by atoms with Crippen LogP contribution < -0.4 is 0 Å². The maximum absolute atomic E-state index is 10.3. The van der Waals surface area contributed by atoms with Gasteiger partial charge in [-0.3, -0.25) is 5.10 Å². The van der Waals surface area contributed by atoms with E-state index in [9.17, 15) is 4.79 Å². The number of carboxylic acid groups (broad SMARTS) is 1. The Kier molecular flexibility index (Phi) is 1.53. The number of hydrogen-bond donors (Lipinski definition) is 2. The van der Waals surface area contributed by atoms with Crippen molar-refractivity contribution < 1.29 is 9.90 Å². The lowest BCUT2D eigenvalue weighted by Crippen LogP contribution is -1.95. The van der Waals surface area contributed by atoms with E-state index in [1.807, 2.05) is 0 Å². The van der Waals surface area contributed by atoms with Crippen LogP contribution in [-0.2, 0) is 4.79 Å². The molecule has 0 spiro atoms. The van der Waals surface area contributed by atoms with Crippen LogP contribution in [0.1, 0.15) is 5.56 Å². The van der Waals surface area contributed by atoms with Gasteiger partial charge in [0, 0.05) is 11.8 Å². The predicted octanol–water partition coefficient (Wildman–Crippen LogP) is 0.507. The summed E-state index contributed by atoms with van der Waals surface area (Å²) in [7, 11) is 0. The quantitative estimate of drug-likeness (QED) is 0.585. The summed E-state index contributed by atoms with van der Waals surface area (Å²) in [4.78, 5) is 10.3. The smallest absolute Gasteiger partial charge is 0.335 e. The van der Waals surface area contributed by atoms with E-state index in [-0.39, 0.29) is 5.57 Å². The van der Waals surface area contributed by atoms with Gasteiger partial charge >= 0.3 is 5.97 Å². The van der Waals surface area contributed by atoms with E-state index < -0.39 is 5.97 Å². The number of carboxylic acids is 1. The molecule has 1 aromatic heterocycles. The molecule has 0 radical (unpaired) electrons. The van der Waals surface area contributed by atoms with Crippen molar-refractivity contribution in [3.63, 3.8) is 0 Å². The SMILES string of the molecule is C=C(C(=O)O)c1cn[nH]c1. The van der Waals surface area contributed by atoms with Gasteiger partial charge in [-0.05, 0) is 0 Å². The lowest BCUT2D eigenvalue weighted by Gasteiger charge is -1.90. The van der Waals surface area contributed by atoms with E-state index in [4.69, 9.17) is 5.11 Å². The van der Waals surface area contributed by atoms with Crippen LogP contribution in [0.15, 0.2) is 19.0 Å². The number of H-pyrrole nitrogens is 1. The summed E-state index contributed by atoms with van der Waals surface area (Å²) in [5.74, 6) is -1.03. The van der Waals surface area contributed by atoms with Crippen molar-refractivity contribution in [1.29, 1.82) is 0 Å². The number of carbonyl (C=O) groups is 1. The van der Waals surface area contributed by atoms with Gasteiger partial charge in [0.25, 0.3) is 0 Å². The molecule has 4 heteroatoms. The number of nitrogens with zero attached hydrogens (tertiary/aromatic N) is 1. The summed E-state index contributed by atoms with van der Waals surface area (Å²) >= 11 is 0. The van der Waals surface area contributed by atoms with Crippen LogP contribution >= 0.6 is 0 Å². The summed E-state index contributed by atoms with van der Waals surface area (Å²) in [6.45, 7) is 3.34. The minimum Gasteiger partial charge on any atom is -0.478 e. The topological polar surface area (TPSA) is 66.0 Å². The van der Waals surface area contributed by atoms with Crippen molar-refractivity contribution in [2.45, 2.75) is 0 Å². The molecule has 0 aliphatic carbocycles. The summed E-state index contributed by atoms with van der Waals surface area (Å²) in [5.41, 5.74) is 0.557. The highest BCUT2D eigenvalue weighted by atomic mass is 16.4. The van der Waals surface area contributed by atoms with Crippen LogP contribution in [0, 0.1) is 0 Å². The van der Waals surface area contributed by atoms with Gasteiger partial charge < -0.3 is 5.11 Å². The summed E-state index contributed by atoms with van der Waals surface area (Å²) < 4.78 is 0. The van der Waals surface area contributed by atoms with Crippen LogP contribution in [0.4, 0.5) is 0 Å². The third-order valence-corrected chi connectivity index (χ3v) is 1.10. The number of rotatable bonds is 2. The van der Waals surface area contributed by atoms with Crippen molar-refractivity contribution in [3.05, 3.63) is 24.5 Å². The molecule has 0 atom stereocenters. The van der Waals surface area contributed by atoms with Crippen LogP contribution in [0.5, 0.6) is 0 Å². The Morgan fingerprint density at radius 2 is 2.50 bits per heavy atom. The second-order valence-electron chi connectivity index (χ2n) is 1.77. The van der Waals surface area contributed by atoms with E-state index >= 15 is 0 Å². The second-order valence-corrected chi connectivity index (χ2v) is 1.77. The van der Waals surface area contributed by atoms with E-state index in [1.165, 1.54) is 12.4 Å². The van der Waals surface area contributed by atoms with E-state index in [0.29, 0.717) is 5.56 Å². The van der Waals surface area contributed by atoms with Crippen LogP contribution in [0.2, 0.25) is 0 Å². The molecule has 0 unspecified atom stereocenters. The van der Waals surface area contributed by atoms with Gasteiger partial charge in [0.1, 0.15) is 0 Å². The molecular weight excluding hydrogens is 132 g/mol. The zero-order valence-corrected chi connectivity index (χ0v) is 5.16. The van der Waals surface area contributed by atoms with Crippen molar-refractivity contribution in [2.24, 2.45) is 0 Å². The van der Waals surface area contributed by atoms with Crippen molar-refractivity contribution in [3.8, 4) is 0 Å². The molecule has 0 bridgehead atoms. The zero-order chi connectivity index (χ0) is 7.56. The Hall–Kier alpha value is -1.58. The van der Waals surface area contributed by atoms with Crippen molar-refractivity contribution in [1.82, 2.24) is 10.2 Å². The molecule has 1 rings (SSSR count). The first-order valence-electron chi connectivity index (χ1n) is 2.63. The molecule has 0 saturated heterocycles. The monoisotopic (exact) mass is 138 g/mol. The molecule has 1 aromatic rings. The normalized spacial score (nSPS) is 9.20. The standard InChI is InChI=1S/C6H6N2O2/c1-4(6(9)10)5-2-7-8-3-5/h2-3H,1H2,(H,7,8)(H,9,10). The third kappa shape index (κ3) is 1.05. The first-order chi connectivity index (χ1) is 4.72. The van der Waals surface area contributed by atoms with Gasteiger partial charge in [0.05, 0.1) is 11.8 Å². The summed E-state index contributed by atoms with van der Waals surface area (Å²) in [6, 6.07) is 0. The second kappa shape index (κ2) is 2.34. The molecular formula is C6H6N2O2. The highest BCUT2D eigenvalue weighted by Gasteiger charge is 2.06. The molecule has 0 fully saturated rings. The minimum absolute atomic E-state index is 0.0498. The number of nitrogens with one attached hydrogen (secondary N) is 1. The fourth-order valence-electron chi connectivity index (χ4n) is 0.539. The van der Waals surface area contributed by atoms with Gasteiger partial charge in [-0.2, -0.15) is 5.10 Å². The number of aliphatic carboxylic acids is 1. The summed E-state index contributed by atoms with van der Waals surface area (Å²) in [6.07, 6.45) is 2.90. The van der Waals surface area contributed by atoms with E-state index in [2.05, 4.69) is 16.8 Å². The molecule has 0 aliphatic heterocycles. The van der Waals surface area contributed by atoms with E-state index in [0.717, 1.165) is 0 Å². The fourth-order valence-corrected chi connectivity index (χ4v) is 0.539. The number of aromatic nitrogens is 2. The predicted molar refractivity (Wildman–Crippen MR) is 35.3 cm³/mol. The Morgan fingerprint density at radius 3 is 2.90 bits per heavy atom. The number of aromatic amines is 1. The highest BCUT2D eigenvalue weighted by Crippen LogP contribution is 2.08. The lowest BCUT2D eigenvalue weighted by atomic mass is 10.2. The van der Waals surface area contributed by atoms with Crippen LogP contribution in [-0.4, -0.2) is 21.3 Å². The maximum Gasteiger partial charge on any atom is 0.335 e. The molecule has 2 N–H and O–H groups in total. The Bertz CT molecular complexity index is 251. The average molecular weight is 138 g/mol. The summed E-state index contributed by atoms with van der Waals surface area (Å²) in [5, 5.41) is 14.5. The average Bonchev–Trinajstić information content (AvgIpc) is 2.36. The number of hydrogen-bond acceptors (Lipinski definition) is 2.